The van der Waals surface area contributed by atoms with Crippen molar-refractivity contribution in [1.82, 2.24) is 25.8 Å². The first kappa shape index (κ1) is 39.4. The number of rotatable bonds is 11. The molecule has 5 atom stereocenters. The molecule has 2 aliphatic carbocycles. The molecule has 0 spiro atoms. The van der Waals surface area contributed by atoms with Crippen LogP contribution in [0.4, 0.5) is 4.79 Å². The van der Waals surface area contributed by atoms with Crippen LogP contribution in [0, 0.1) is 17.3 Å². The van der Waals surface area contributed by atoms with E-state index < -0.39 is 41.6 Å². The Morgan fingerprint density at radius 2 is 2.04 bits per heavy atom. The first-order chi connectivity index (χ1) is 26.9. The van der Waals surface area contributed by atoms with E-state index in [1.165, 1.54) is 17.7 Å². The summed E-state index contributed by atoms with van der Waals surface area (Å²) in [6.45, 7) is 10.6. The van der Waals surface area contributed by atoms with E-state index in [-0.39, 0.29) is 36.8 Å². The molecule has 14 heteroatoms. The smallest absolute Gasteiger partial charge is 0.407 e. The maximum Gasteiger partial charge on any atom is 0.407 e. The van der Waals surface area contributed by atoms with Crippen molar-refractivity contribution >= 4 is 46.1 Å². The number of hydrogen-bond donors (Lipinski definition) is 3. The number of pyridine rings is 1. The van der Waals surface area contributed by atoms with Crippen LogP contribution < -0.4 is 30.2 Å². The molecule has 2 aromatic heterocycles. The summed E-state index contributed by atoms with van der Waals surface area (Å²) in [6, 6.07) is 5.66. The Bertz CT molecular complexity index is 1970. The maximum absolute atomic E-state index is 14.3. The van der Waals surface area contributed by atoms with Crippen molar-refractivity contribution in [3.8, 4) is 17.4 Å². The summed E-state index contributed by atoms with van der Waals surface area (Å²) in [6.07, 6.45) is 6.40. The standard InChI is InChI=1S/C42H53N5O8S/c1-6-29-20-42(29,39(50)43-14-11-26-9-10-26)46-37(48)33-17-30-21-47(33)38(49)25(2)44-40(51)54-24-41(3,4)13-7-8-28-16-31-32(18-34(28)52-5)45-36(19-35(31)55-30)53-22-27-12-15-56-23-27/h6,12,15-16,18-19,23,25-26,29-30,33H,1,7-11,13-14,17,20-22,24H2,2-5H3,(H,43,50)(H,44,51)(H,46,48)/t25-,29+,30+,33-,42+/m0/s1. The van der Waals surface area contributed by atoms with Gasteiger partial charge in [-0.25, -0.2) is 9.78 Å². The number of aryl methyl sites for hydroxylation is 1. The highest BCUT2D eigenvalue weighted by Crippen LogP contribution is 2.45. The molecule has 3 aromatic rings. The van der Waals surface area contributed by atoms with E-state index in [1.807, 2.05) is 42.8 Å². The number of fused-ring (bicyclic) bond motifs is 3. The van der Waals surface area contributed by atoms with E-state index in [0.717, 1.165) is 35.8 Å². The lowest BCUT2D eigenvalue weighted by Crippen LogP contribution is -2.57. The number of carbonyl (C=O) groups is 4. The molecule has 1 saturated heterocycles. The molecule has 300 valence electrons. The van der Waals surface area contributed by atoms with Gasteiger partial charge in [-0.2, -0.15) is 11.3 Å². The lowest BCUT2D eigenvalue weighted by atomic mass is 9.87. The van der Waals surface area contributed by atoms with Gasteiger partial charge in [0.15, 0.2) is 0 Å². The largest absolute Gasteiger partial charge is 0.496 e. The predicted molar refractivity (Wildman–Crippen MR) is 212 cm³/mol. The number of alkyl carbamates (subject to hydrolysis) is 1. The number of thiophene rings is 1. The summed E-state index contributed by atoms with van der Waals surface area (Å²) in [4.78, 5) is 61.3. The molecule has 3 N–H and O–H groups in total. The van der Waals surface area contributed by atoms with Crippen molar-refractivity contribution in [1.29, 1.82) is 0 Å². The Kier molecular flexibility index (Phi) is 11.5. The van der Waals surface area contributed by atoms with Crippen LogP contribution in [0.2, 0.25) is 0 Å². The molecule has 4 aliphatic rings. The van der Waals surface area contributed by atoms with Crippen LogP contribution in [-0.2, 0) is 32.1 Å². The molecule has 2 saturated carbocycles. The number of hydrogen-bond acceptors (Lipinski definition) is 10. The van der Waals surface area contributed by atoms with Crippen molar-refractivity contribution < 1.29 is 38.1 Å². The van der Waals surface area contributed by atoms with Gasteiger partial charge in [-0.1, -0.05) is 32.8 Å². The first-order valence-corrected chi connectivity index (χ1v) is 20.6. The highest BCUT2D eigenvalue weighted by atomic mass is 32.1. The summed E-state index contributed by atoms with van der Waals surface area (Å²) in [7, 11) is 1.63. The van der Waals surface area contributed by atoms with Gasteiger partial charge in [-0.05, 0) is 78.8 Å². The van der Waals surface area contributed by atoms with Gasteiger partial charge in [0.1, 0.15) is 41.8 Å². The SMILES string of the molecule is C=C[C@@H]1C[C@]1(NC(=O)[C@@H]1C[C@@H]2CN1C(=O)[C@H](C)NC(=O)OCC(C)(C)CCCc1cc3c(cc(OCc4ccsc4)nc3cc1OC)O2)C(=O)NCCC1CC1. The third-order valence-electron chi connectivity index (χ3n) is 11.4. The van der Waals surface area contributed by atoms with E-state index in [4.69, 9.17) is 23.9 Å². The number of aromatic nitrogens is 1. The Labute approximate surface area is 331 Å². The van der Waals surface area contributed by atoms with Crippen LogP contribution in [0.15, 0.2) is 47.7 Å². The summed E-state index contributed by atoms with van der Waals surface area (Å²) >= 11 is 1.58. The molecule has 0 radical (unpaired) electrons. The molecule has 1 aromatic carbocycles. The zero-order valence-electron chi connectivity index (χ0n) is 32.7. The van der Waals surface area contributed by atoms with Crippen LogP contribution in [0.25, 0.3) is 10.9 Å². The normalized spacial score (nSPS) is 26.2. The zero-order chi connectivity index (χ0) is 39.6. The molecule has 13 nitrogen and oxygen atoms in total. The average molecular weight is 788 g/mol. The number of nitrogens with one attached hydrogen (secondary N) is 3. The van der Waals surface area contributed by atoms with E-state index in [9.17, 15) is 19.2 Å². The number of carbonyl (C=O) groups excluding carboxylic acids is 4. The fraction of sp³-hybridized carbons (Fsp3) is 0.548. The molecule has 3 fully saturated rings. The second kappa shape index (κ2) is 16.3. The Hall–Kier alpha value is -4.85. The Balaban J connectivity index is 1.21. The number of benzene rings is 1. The van der Waals surface area contributed by atoms with Crippen LogP contribution >= 0.6 is 11.3 Å². The van der Waals surface area contributed by atoms with E-state index in [1.54, 1.807) is 37.5 Å². The van der Waals surface area contributed by atoms with Gasteiger partial charge in [0, 0.05) is 42.0 Å². The maximum atomic E-state index is 14.3. The number of amides is 4. The summed E-state index contributed by atoms with van der Waals surface area (Å²) in [5.74, 6) is 0.741. The quantitative estimate of drug-likeness (QED) is 0.208. The molecule has 7 rings (SSSR count). The zero-order valence-corrected chi connectivity index (χ0v) is 33.5. The van der Waals surface area contributed by atoms with Crippen LogP contribution in [0.5, 0.6) is 17.4 Å². The van der Waals surface area contributed by atoms with Gasteiger partial charge in [-0.15, -0.1) is 6.58 Å². The molecule has 4 heterocycles. The average Bonchev–Trinajstić information content (AvgIpc) is 4.02. The number of cyclic esters (lactones) is 1. The molecular formula is C42H53N5O8S. The van der Waals surface area contributed by atoms with Gasteiger partial charge in [0.05, 0.1) is 25.8 Å². The van der Waals surface area contributed by atoms with Crippen LogP contribution in [0.1, 0.15) is 76.8 Å². The fourth-order valence-electron chi connectivity index (χ4n) is 7.80. The fourth-order valence-corrected chi connectivity index (χ4v) is 8.45. The minimum atomic E-state index is -1.14. The molecular weight excluding hydrogens is 735 g/mol. The second-order valence-electron chi connectivity index (χ2n) is 16.5. The van der Waals surface area contributed by atoms with Gasteiger partial charge in [0.25, 0.3) is 0 Å². The van der Waals surface area contributed by atoms with Gasteiger partial charge in [-0.3, -0.25) is 14.4 Å². The van der Waals surface area contributed by atoms with Crippen LogP contribution in [-0.4, -0.2) is 84.2 Å². The summed E-state index contributed by atoms with van der Waals surface area (Å²) < 4.78 is 24.4. The molecule has 0 unspecified atom stereocenters. The predicted octanol–water partition coefficient (Wildman–Crippen LogP) is 5.69. The lowest BCUT2D eigenvalue weighted by molar-refractivity contribution is -0.141. The molecule has 2 aliphatic heterocycles. The van der Waals surface area contributed by atoms with Gasteiger partial charge >= 0.3 is 6.09 Å². The van der Waals surface area contributed by atoms with Crippen molar-refractivity contribution in [3.63, 3.8) is 0 Å². The Morgan fingerprint density at radius 3 is 2.75 bits per heavy atom. The van der Waals surface area contributed by atoms with Gasteiger partial charge < -0.3 is 39.8 Å². The summed E-state index contributed by atoms with van der Waals surface area (Å²) in [5.41, 5.74) is 1.10. The number of ether oxygens (including phenoxy) is 4. The van der Waals surface area contributed by atoms with Crippen LogP contribution in [0.3, 0.4) is 0 Å². The van der Waals surface area contributed by atoms with Crippen molar-refractivity contribution in [2.45, 2.75) is 102 Å². The molecule has 56 heavy (non-hydrogen) atoms. The molecule has 4 amide bonds. The van der Waals surface area contributed by atoms with Gasteiger partial charge in [0.2, 0.25) is 23.6 Å². The van der Waals surface area contributed by atoms with E-state index in [0.29, 0.717) is 54.8 Å². The summed E-state index contributed by atoms with van der Waals surface area (Å²) in [5, 5.41) is 13.5. The Morgan fingerprint density at radius 1 is 1.21 bits per heavy atom. The second-order valence-corrected chi connectivity index (χ2v) is 17.3. The minimum absolute atomic E-state index is 0.0500. The van der Waals surface area contributed by atoms with Crippen molar-refractivity contribution in [3.05, 3.63) is 58.8 Å². The monoisotopic (exact) mass is 787 g/mol. The topological polar surface area (TPSA) is 157 Å². The third kappa shape index (κ3) is 8.90. The van der Waals surface area contributed by atoms with E-state index >= 15 is 0 Å². The minimum Gasteiger partial charge on any atom is -0.496 e. The van der Waals surface area contributed by atoms with E-state index in [2.05, 4.69) is 22.5 Å². The highest BCUT2D eigenvalue weighted by molar-refractivity contribution is 7.07. The van der Waals surface area contributed by atoms with Crippen molar-refractivity contribution in [2.75, 3.05) is 26.8 Å². The third-order valence-corrected chi connectivity index (χ3v) is 12.2. The lowest BCUT2D eigenvalue weighted by Gasteiger charge is -2.29. The highest BCUT2D eigenvalue weighted by Gasteiger charge is 2.60. The molecule has 4 bridgehead atoms. The number of methoxy groups -OCH3 is 1. The first-order valence-electron chi connectivity index (χ1n) is 19.7. The van der Waals surface area contributed by atoms with Crippen molar-refractivity contribution in [2.24, 2.45) is 17.3 Å². The number of nitrogens with zero attached hydrogens (tertiary/aromatic N) is 2.